The number of nitrogens with one attached hydrogen (secondary N) is 2. The van der Waals surface area contributed by atoms with Crippen LogP contribution in [0.2, 0.25) is 25.7 Å². The maximum Gasteiger partial charge on any atom is 0.235 e. The molecule has 1 aromatic rings. The van der Waals surface area contributed by atoms with E-state index < -0.39 is 18.1 Å². The fourth-order valence-corrected chi connectivity index (χ4v) is 7.33. The number of morpholine rings is 1. The minimum absolute atomic E-state index is 0.351. The average Bonchev–Trinajstić information content (AvgIpc) is 3.32. The highest BCUT2D eigenvalue weighted by atomic mass is 32.2. The monoisotopic (exact) mass is 599 g/mol. The van der Waals surface area contributed by atoms with Crippen LogP contribution in [-0.4, -0.2) is 90.1 Å². The number of aliphatic imine (C=N–C) groups is 1. The van der Waals surface area contributed by atoms with E-state index >= 15 is 0 Å². The molecule has 0 aromatic heterocycles. The SMILES string of the molecule is C=C=CN=C1/C(=C(\C)N2CCOCC2)C=C(c2ccc(NS(=O)(=O)C3CCNCC3)cc2)N1COCC[Si](C)(C)C. The average molecular weight is 600 g/mol. The summed E-state index contributed by atoms with van der Waals surface area (Å²) in [6.07, 6.45) is 4.97. The Kier molecular flexibility index (Phi) is 10.7. The summed E-state index contributed by atoms with van der Waals surface area (Å²) in [6, 6.07) is 8.64. The number of benzene rings is 1. The molecule has 9 nitrogen and oxygen atoms in total. The lowest BCUT2D eigenvalue weighted by molar-refractivity contribution is 0.0535. The maximum absolute atomic E-state index is 13.0. The smallest absolute Gasteiger partial charge is 0.235 e. The Morgan fingerprint density at radius 2 is 1.90 bits per heavy atom. The van der Waals surface area contributed by atoms with E-state index in [0.717, 1.165) is 60.6 Å². The number of allylic oxidation sites excluding steroid dienone is 1. The molecule has 3 aliphatic heterocycles. The quantitative estimate of drug-likeness (QED) is 0.220. The third-order valence-corrected chi connectivity index (χ3v) is 11.2. The molecule has 2 saturated heterocycles. The van der Waals surface area contributed by atoms with E-state index in [-0.39, 0.29) is 5.25 Å². The van der Waals surface area contributed by atoms with Crippen LogP contribution < -0.4 is 10.0 Å². The van der Waals surface area contributed by atoms with Gasteiger partial charge in [-0.15, -0.1) is 5.73 Å². The molecule has 3 aliphatic rings. The first-order valence-corrected chi connectivity index (χ1v) is 19.7. The molecule has 0 saturated carbocycles. The fourth-order valence-electron chi connectivity index (χ4n) is 5.09. The van der Waals surface area contributed by atoms with Crippen molar-refractivity contribution in [2.45, 2.75) is 50.7 Å². The summed E-state index contributed by atoms with van der Waals surface area (Å²) in [5, 5.41) is 2.85. The summed E-state index contributed by atoms with van der Waals surface area (Å²) in [7, 11) is -4.69. The highest BCUT2D eigenvalue weighted by Crippen LogP contribution is 2.34. The van der Waals surface area contributed by atoms with Crippen molar-refractivity contribution in [2.24, 2.45) is 4.99 Å². The minimum atomic E-state index is -3.45. The summed E-state index contributed by atoms with van der Waals surface area (Å²) >= 11 is 0. The molecule has 0 amide bonds. The summed E-state index contributed by atoms with van der Waals surface area (Å²) < 4.78 is 40.5. The molecular formula is C30H45N5O4SSi. The molecule has 0 spiro atoms. The van der Waals surface area contributed by atoms with Crippen LogP contribution in [0.3, 0.4) is 0 Å². The van der Waals surface area contributed by atoms with Gasteiger partial charge in [-0.3, -0.25) is 4.72 Å². The van der Waals surface area contributed by atoms with Crippen molar-refractivity contribution in [1.82, 2.24) is 15.1 Å². The summed E-state index contributed by atoms with van der Waals surface area (Å²) in [4.78, 5) is 9.17. The standard InChI is InChI=1S/C30H45N5O4SSi/c1-6-13-32-30-28(24(2)34-16-18-38-19-17-34)22-29(35(30)23-39-20-21-41(3,4)5)25-7-9-26(10-8-25)33-40(36,37)27-11-14-31-15-12-27/h7-10,13,22,27,31,33H,1,11-12,14-21,23H2,2-5H3/b28-24+,32-30?. The molecule has 0 radical (unpaired) electrons. The number of rotatable bonds is 11. The lowest BCUT2D eigenvalue weighted by Gasteiger charge is -2.31. The van der Waals surface area contributed by atoms with Gasteiger partial charge in [-0.05, 0) is 62.7 Å². The van der Waals surface area contributed by atoms with Crippen LogP contribution in [0.1, 0.15) is 25.3 Å². The second-order valence-corrected chi connectivity index (χ2v) is 19.4. The van der Waals surface area contributed by atoms with Gasteiger partial charge in [0.15, 0.2) is 0 Å². The molecule has 1 aromatic carbocycles. The Hall–Kier alpha value is -2.66. The second kappa shape index (κ2) is 14.0. The van der Waals surface area contributed by atoms with Gasteiger partial charge in [-0.25, -0.2) is 13.4 Å². The Morgan fingerprint density at radius 1 is 1.22 bits per heavy atom. The number of nitrogens with zero attached hydrogens (tertiary/aromatic N) is 3. The second-order valence-electron chi connectivity index (χ2n) is 11.9. The summed E-state index contributed by atoms with van der Waals surface area (Å²) in [5.41, 5.74) is 7.37. The van der Waals surface area contributed by atoms with Gasteiger partial charge >= 0.3 is 0 Å². The van der Waals surface area contributed by atoms with E-state index in [1.54, 1.807) is 6.20 Å². The molecule has 41 heavy (non-hydrogen) atoms. The van der Waals surface area contributed by atoms with Gasteiger partial charge in [0.25, 0.3) is 0 Å². The van der Waals surface area contributed by atoms with Crippen LogP contribution in [-0.2, 0) is 19.5 Å². The predicted molar refractivity (Wildman–Crippen MR) is 170 cm³/mol. The molecule has 11 heteroatoms. The van der Waals surface area contributed by atoms with Gasteiger partial charge < -0.3 is 24.6 Å². The Labute approximate surface area is 246 Å². The largest absolute Gasteiger partial charge is 0.378 e. The van der Waals surface area contributed by atoms with E-state index in [9.17, 15) is 8.42 Å². The van der Waals surface area contributed by atoms with Crippen molar-refractivity contribution in [3.8, 4) is 0 Å². The Balaban J connectivity index is 1.64. The van der Waals surface area contributed by atoms with Gasteiger partial charge in [-0.2, -0.15) is 0 Å². The van der Waals surface area contributed by atoms with Crippen molar-refractivity contribution in [3.05, 3.63) is 65.7 Å². The van der Waals surface area contributed by atoms with E-state index in [1.165, 1.54) is 0 Å². The van der Waals surface area contributed by atoms with Gasteiger partial charge in [0.1, 0.15) is 12.6 Å². The van der Waals surface area contributed by atoms with Crippen LogP contribution in [0, 0.1) is 0 Å². The van der Waals surface area contributed by atoms with Crippen molar-refractivity contribution < 1.29 is 17.9 Å². The zero-order valence-corrected chi connectivity index (χ0v) is 26.7. The molecule has 3 heterocycles. The van der Waals surface area contributed by atoms with Gasteiger partial charge in [0.05, 0.1) is 30.4 Å². The minimum Gasteiger partial charge on any atom is -0.378 e. The molecule has 0 unspecified atom stereocenters. The maximum atomic E-state index is 13.0. The number of piperidine rings is 1. The Morgan fingerprint density at radius 3 is 2.54 bits per heavy atom. The first-order valence-electron chi connectivity index (χ1n) is 14.4. The molecule has 0 atom stereocenters. The normalized spacial score (nSPS) is 21.1. The third-order valence-electron chi connectivity index (χ3n) is 7.60. The molecule has 0 bridgehead atoms. The van der Waals surface area contributed by atoms with Gasteiger partial charge in [0.2, 0.25) is 10.0 Å². The molecule has 4 rings (SSSR count). The number of ether oxygens (including phenoxy) is 2. The van der Waals surface area contributed by atoms with Crippen LogP contribution in [0.15, 0.2) is 65.1 Å². The van der Waals surface area contributed by atoms with Crippen molar-refractivity contribution in [3.63, 3.8) is 0 Å². The van der Waals surface area contributed by atoms with Crippen LogP contribution in [0.4, 0.5) is 5.69 Å². The third kappa shape index (κ3) is 8.44. The van der Waals surface area contributed by atoms with Crippen molar-refractivity contribution in [2.75, 3.05) is 57.5 Å². The number of hydrogen-bond donors (Lipinski definition) is 2. The van der Waals surface area contributed by atoms with Crippen LogP contribution in [0.25, 0.3) is 5.70 Å². The van der Waals surface area contributed by atoms with Crippen molar-refractivity contribution in [1.29, 1.82) is 0 Å². The fraction of sp³-hybridized carbons (Fsp3) is 0.533. The van der Waals surface area contributed by atoms with Crippen LogP contribution >= 0.6 is 0 Å². The lowest BCUT2D eigenvalue weighted by Crippen LogP contribution is -2.38. The molecular weight excluding hydrogens is 555 g/mol. The number of sulfonamides is 1. The van der Waals surface area contributed by atoms with Crippen molar-refractivity contribution >= 4 is 35.3 Å². The zero-order chi connectivity index (χ0) is 29.5. The predicted octanol–water partition coefficient (Wildman–Crippen LogP) is 4.45. The van der Waals surface area contributed by atoms with Gasteiger partial charge in [-0.1, -0.05) is 38.4 Å². The van der Waals surface area contributed by atoms with E-state index in [0.29, 0.717) is 45.1 Å². The first kappa shape index (κ1) is 31.3. The highest BCUT2D eigenvalue weighted by molar-refractivity contribution is 7.93. The lowest BCUT2D eigenvalue weighted by atomic mass is 10.1. The summed E-state index contributed by atoms with van der Waals surface area (Å²) in [6.45, 7) is 18.4. The van der Waals surface area contributed by atoms with Crippen LogP contribution in [0.5, 0.6) is 0 Å². The van der Waals surface area contributed by atoms with E-state index in [4.69, 9.17) is 14.5 Å². The molecule has 2 N–H and O–H groups in total. The number of anilines is 1. The van der Waals surface area contributed by atoms with E-state index in [2.05, 4.69) is 64.8 Å². The molecule has 224 valence electrons. The molecule has 2 fully saturated rings. The highest BCUT2D eigenvalue weighted by Gasteiger charge is 2.31. The molecule has 0 aliphatic carbocycles. The zero-order valence-electron chi connectivity index (χ0n) is 24.9. The summed E-state index contributed by atoms with van der Waals surface area (Å²) in [5.74, 6) is 0.781. The number of amidine groups is 1. The van der Waals surface area contributed by atoms with E-state index in [1.807, 2.05) is 24.3 Å². The topological polar surface area (TPSA) is 95.5 Å². The Bertz CT molecular complexity index is 1300. The first-order chi connectivity index (χ1) is 19.6. The van der Waals surface area contributed by atoms with Gasteiger partial charge in [0, 0.05) is 44.7 Å². The number of hydrogen-bond acceptors (Lipinski definition) is 7.